The molecule has 0 atom stereocenters. The average molecular weight is 243 g/mol. The summed E-state index contributed by atoms with van der Waals surface area (Å²) in [7, 11) is 0. The fourth-order valence-electron chi connectivity index (χ4n) is 1.86. The second kappa shape index (κ2) is 11.6. The Hall–Kier alpha value is -0.930. The van der Waals surface area contributed by atoms with Gasteiger partial charge in [-0.3, -0.25) is 0 Å². The van der Waals surface area contributed by atoms with Crippen LogP contribution in [0.15, 0.2) is 5.16 Å². The number of nitrogens with two attached hydrogens (primary N) is 1. The Morgan fingerprint density at radius 2 is 1.41 bits per heavy atom. The van der Waals surface area contributed by atoms with Crippen LogP contribution in [0, 0.1) is 0 Å². The molecule has 0 rings (SSSR count). The molecule has 102 valence electrons. The van der Waals surface area contributed by atoms with Gasteiger partial charge in [0, 0.05) is 13.1 Å². The molecule has 0 aromatic rings. The second-order valence-corrected chi connectivity index (χ2v) is 4.57. The smallest absolute Gasteiger partial charge is 0.233 e. The van der Waals surface area contributed by atoms with Gasteiger partial charge in [-0.1, -0.05) is 57.5 Å². The molecule has 0 saturated carbocycles. The highest BCUT2D eigenvalue weighted by molar-refractivity contribution is 5.77. The molecular formula is C13H29N3O. The first kappa shape index (κ1) is 16.1. The summed E-state index contributed by atoms with van der Waals surface area (Å²) >= 11 is 0. The lowest BCUT2D eigenvalue weighted by Gasteiger charge is -2.22. The molecule has 0 aromatic carbocycles. The molecule has 3 N–H and O–H groups in total. The number of guanidine groups is 1. The Morgan fingerprint density at radius 3 is 1.76 bits per heavy atom. The van der Waals surface area contributed by atoms with Gasteiger partial charge in [-0.2, -0.15) is 0 Å². The largest absolute Gasteiger partial charge is 0.408 e. The van der Waals surface area contributed by atoms with E-state index < -0.39 is 0 Å². The summed E-state index contributed by atoms with van der Waals surface area (Å²) in [5, 5.41) is 11.8. The minimum atomic E-state index is 0.262. The van der Waals surface area contributed by atoms with Gasteiger partial charge in [-0.05, 0) is 12.8 Å². The minimum Gasteiger partial charge on any atom is -0.408 e. The van der Waals surface area contributed by atoms with Crippen LogP contribution in [0.4, 0.5) is 0 Å². The van der Waals surface area contributed by atoms with Crippen molar-refractivity contribution in [2.75, 3.05) is 13.1 Å². The summed E-state index contributed by atoms with van der Waals surface area (Å²) in [5.41, 5.74) is 5.67. The Labute approximate surface area is 106 Å². The van der Waals surface area contributed by atoms with Crippen molar-refractivity contribution in [1.29, 1.82) is 0 Å². The maximum Gasteiger partial charge on any atom is 0.233 e. The maximum absolute atomic E-state index is 8.73. The normalized spacial score (nSPS) is 11.8. The maximum atomic E-state index is 8.73. The zero-order valence-electron chi connectivity index (χ0n) is 11.5. The lowest BCUT2D eigenvalue weighted by atomic mass is 10.2. The van der Waals surface area contributed by atoms with Crippen LogP contribution in [0.5, 0.6) is 0 Å². The van der Waals surface area contributed by atoms with Crippen LogP contribution in [0.3, 0.4) is 0 Å². The topological polar surface area (TPSA) is 61.8 Å². The Balaban J connectivity index is 3.81. The van der Waals surface area contributed by atoms with Gasteiger partial charge in [-0.25, -0.2) is 0 Å². The summed E-state index contributed by atoms with van der Waals surface area (Å²) < 4.78 is 0. The first-order valence-corrected chi connectivity index (χ1v) is 6.98. The van der Waals surface area contributed by atoms with E-state index in [-0.39, 0.29) is 5.96 Å². The van der Waals surface area contributed by atoms with Gasteiger partial charge in [0.15, 0.2) is 0 Å². The third-order valence-electron chi connectivity index (χ3n) is 2.99. The zero-order valence-corrected chi connectivity index (χ0v) is 11.5. The Kier molecular flexibility index (Phi) is 10.9. The van der Waals surface area contributed by atoms with Crippen LogP contribution in [-0.2, 0) is 0 Å². The molecule has 0 saturated heterocycles. The lowest BCUT2D eigenvalue weighted by molar-refractivity contribution is 0.293. The second-order valence-electron chi connectivity index (χ2n) is 4.57. The predicted molar refractivity (Wildman–Crippen MR) is 73.3 cm³/mol. The summed E-state index contributed by atoms with van der Waals surface area (Å²) in [6.07, 6.45) is 9.69. The monoisotopic (exact) mass is 243 g/mol. The number of rotatable bonds is 10. The van der Waals surface area contributed by atoms with Gasteiger partial charge < -0.3 is 15.8 Å². The fourth-order valence-corrected chi connectivity index (χ4v) is 1.86. The molecule has 0 fully saturated rings. The molecule has 0 bridgehead atoms. The molecule has 0 heterocycles. The minimum absolute atomic E-state index is 0.262. The van der Waals surface area contributed by atoms with Crippen LogP contribution in [0.25, 0.3) is 0 Å². The van der Waals surface area contributed by atoms with E-state index in [9.17, 15) is 0 Å². The van der Waals surface area contributed by atoms with E-state index in [1.165, 1.54) is 38.5 Å². The summed E-state index contributed by atoms with van der Waals surface area (Å²) in [4.78, 5) is 1.99. The van der Waals surface area contributed by atoms with Crippen molar-refractivity contribution in [2.24, 2.45) is 10.9 Å². The standard InChI is InChI=1S/C13H29N3O/c1-3-5-7-9-11-16(13(14)15-17)12-10-8-6-4-2/h17H,3-12H2,1-2H3,(H2,14,15). The molecule has 0 aliphatic heterocycles. The SMILES string of the molecule is CCCCCCN(CCCCCC)/C(N)=N/O. The average Bonchev–Trinajstić information content (AvgIpc) is 2.36. The van der Waals surface area contributed by atoms with Crippen molar-refractivity contribution in [3.63, 3.8) is 0 Å². The quantitative estimate of drug-likeness (QED) is 0.204. The molecule has 0 spiro atoms. The Bertz CT molecular complexity index is 183. The van der Waals surface area contributed by atoms with Crippen molar-refractivity contribution < 1.29 is 5.21 Å². The van der Waals surface area contributed by atoms with Gasteiger partial charge in [0.2, 0.25) is 5.96 Å². The van der Waals surface area contributed by atoms with Gasteiger partial charge in [0.25, 0.3) is 0 Å². The van der Waals surface area contributed by atoms with Crippen molar-refractivity contribution in [1.82, 2.24) is 4.90 Å². The number of unbranched alkanes of at least 4 members (excludes halogenated alkanes) is 6. The lowest BCUT2D eigenvalue weighted by Crippen LogP contribution is -2.38. The van der Waals surface area contributed by atoms with E-state index >= 15 is 0 Å². The van der Waals surface area contributed by atoms with Crippen molar-refractivity contribution >= 4 is 5.96 Å². The van der Waals surface area contributed by atoms with Crippen LogP contribution >= 0.6 is 0 Å². The van der Waals surface area contributed by atoms with Crippen LogP contribution in [0.2, 0.25) is 0 Å². The summed E-state index contributed by atoms with van der Waals surface area (Å²) in [6, 6.07) is 0. The number of hydrogen-bond acceptors (Lipinski definition) is 2. The van der Waals surface area contributed by atoms with E-state index in [2.05, 4.69) is 19.0 Å². The van der Waals surface area contributed by atoms with Gasteiger partial charge in [0.05, 0.1) is 0 Å². The molecule has 17 heavy (non-hydrogen) atoms. The van der Waals surface area contributed by atoms with E-state index in [0.717, 1.165) is 25.9 Å². The van der Waals surface area contributed by atoms with Crippen molar-refractivity contribution in [3.8, 4) is 0 Å². The molecule has 0 aromatic heterocycles. The zero-order chi connectivity index (χ0) is 12.9. The highest BCUT2D eigenvalue weighted by Gasteiger charge is 2.07. The molecule has 0 aliphatic rings. The summed E-state index contributed by atoms with van der Waals surface area (Å²) in [5.74, 6) is 0.262. The van der Waals surface area contributed by atoms with E-state index in [4.69, 9.17) is 10.9 Å². The molecule has 0 unspecified atom stereocenters. The third kappa shape index (κ3) is 8.83. The first-order valence-electron chi connectivity index (χ1n) is 6.98. The predicted octanol–water partition coefficient (Wildman–Crippen LogP) is 3.15. The molecule has 0 amide bonds. The van der Waals surface area contributed by atoms with Crippen LogP contribution < -0.4 is 5.73 Å². The van der Waals surface area contributed by atoms with Crippen LogP contribution in [-0.4, -0.2) is 29.2 Å². The van der Waals surface area contributed by atoms with E-state index in [0.29, 0.717) is 0 Å². The molecule has 0 aliphatic carbocycles. The van der Waals surface area contributed by atoms with Crippen LogP contribution in [0.1, 0.15) is 65.2 Å². The first-order chi connectivity index (χ1) is 8.26. The molecule has 4 nitrogen and oxygen atoms in total. The summed E-state index contributed by atoms with van der Waals surface area (Å²) in [6.45, 7) is 6.21. The fraction of sp³-hybridized carbons (Fsp3) is 0.923. The number of hydrogen-bond donors (Lipinski definition) is 2. The third-order valence-corrected chi connectivity index (χ3v) is 2.99. The van der Waals surface area contributed by atoms with Gasteiger partial charge in [-0.15, -0.1) is 0 Å². The molecule has 4 heteroatoms. The van der Waals surface area contributed by atoms with Gasteiger partial charge in [0.1, 0.15) is 0 Å². The number of oxime groups is 1. The highest BCUT2D eigenvalue weighted by Crippen LogP contribution is 2.05. The van der Waals surface area contributed by atoms with Crippen molar-refractivity contribution in [3.05, 3.63) is 0 Å². The molecule has 0 radical (unpaired) electrons. The highest BCUT2D eigenvalue weighted by atomic mass is 16.4. The van der Waals surface area contributed by atoms with E-state index in [1.54, 1.807) is 0 Å². The molecular weight excluding hydrogens is 214 g/mol. The number of nitrogens with zero attached hydrogens (tertiary/aromatic N) is 2. The van der Waals surface area contributed by atoms with Crippen molar-refractivity contribution in [2.45, 2.75) is 65.2 Å². The Morgan fingerprint density at radius 1 is 0.941 bits per heavy atom. The van der Waals surface area contributed by atoms with Gasteiger partial charge >= 0.3 is 0 Å². The van der Waals surface area contributed by atoms with E-state index in [1.807, 2.05) is 4.90 Å².